The van der Waals surface area contributed by atoms with Crippen molar-refractivity contribution >= 4 is 0 Å². The summed E-state index contributed by atoms with van der Waals surface area (Å²) < 4.78 is 16.7. The molecule has 21 heavy (non-hydrogen) atoms. The van der Waals surface area contributed by atoms with Crippen LogP contribution in [0.2, 0.25) is 0 Å². The van der Waals surface area contributed by atoms with Crippen molar-refractivity contribution in [2.45, 2.75) is 38.1 Å². The molecule has 4 rings (SSSR count). The summed E-state index contributed by atoms with van der Waals surface area (Å²) in [5.74, 6) is 2.18. The molecular formula is C15H23N3O3. The van der Waals surface area contributed by atoms with E-state index in [9.17, 15) is 0 Å². The standard InChI is InChI=1S/C15H23N3O3/c1-2-12(1)14-16-13(17-21-14)9-18-5-8-20-11-15(10-18)3-6-19-7-4-15/h12H,1-11H2. The molecule has 0 N–H and O–H groups in total. The second-order valence-corrected chi connectivity index (χ2v) is 6.70. The monoisotopic (exact) mass is 293 g/mol. The molecule has 1 spiro atoms. The second-order valence-electron chi connectivity index (χ2n) is 6.70. The molecular weight excluding hydrogens is 270 g/mol. The van der Waals surface area contributed by atoms with Gasteiger partial charge in [0.2, 0.25) is 5.89 Å². The molecule has 0 radical (unpaired) electrons. The lowest BCUT2D eigenvalue weighted by atomic mass is 9.80. The molecule has 1 aliphatic carbocycles. The first-order valence-corrected chi connectivity index (χ1v) is 8.03. The minimum Gasteiger partial charge on any atom is -0.381 e. The van der Waals surface area contributed by atoms with E-state index in [2.05, 4.69) is 15.0 Å². The van der Waals surface area contributed by atoms with E-state index < -0.39 is 0 Å². The molecule has 0 atom stereocenters. The largest absolute Gasteiger partial charge is 0.381 e. The van der Waals surface area contributed by atoms with E-state index in [4.69, 9.17) is 14.0 Å². The van der Waals surface area contributed by atoms with Gasteiger partial charge in [0.05, 0.1) is 19.8 Å². The van der Waals surface area contributed by atoms with Gasteiger partial charge in [0.1, 0.15) is 0 Å². The number of nitrogens with zero attached hydrogens (tertiary/aromatic N) is 3. The first-order chi connectivity index (χ1) is 10.3. The van der Waals surface area contributed by atoms with Crippen LogP contribution in [0.3, 0.4) is 0 Å². The van der Waals surface area contributed by atoms with Crippen molar-refractivity contribution in [1.82, 2.24) is 15.0 Å². The fourth-order valence-electron chi connectivity index (χ4n) is 3.35. The lowest BCUT2D eigenvalue weighted by molar-refractivity contribution is -0.0321. The quantitative estimate of drug-likeness (QED) is 0.843. The van der Waals surface area contributed by atoms with Crippen LogP contribution in [0.25, 0.3) is 0 Å². The van der Waals surface area contributed by atoms with Crippen molar-refractivity contribution in [3.63, 3.8) is 0 Å². The van der Waals surface area contributed by atoms with Crippen molar-refractivity contribution in [1.29, 1.82) is 0 Å². The van der Waals surface area contributed by atoms with Gasteiger partial charge in [-0.25, -0.2) is 0 Å². The molecule has 0 amide bonds. The SMILES string of the molecule is C1CC2(CCO1)COCCN(Cc1noc(C3CC3)n1)C2. The van der Waals surface area contributed by atoms with Crippen LogP contribution in [0.5, 0.6) is 0 Å². The average Bonchev–Trinajstić information content (AvgIpc) is 3.27. The summed E-state index contributed by atoms with van der Waals surface area (Å²) in [6, 6.07) is 0. The zero-order valence-electron chi connectivity index (χ0n) is 12.4. The van der Waals surface area contributed by atoms with Gasteiger partial charge in [0.15, 0.2) is 5.82 Å². The summed E-state index contributed by atoms with van der Waals surface area (Å²) in [7, 11) is 0. The maximum Gasteiger partial charge on any atom is 0.229 e. The minimum atomic E-state index is 0.248. The number of hydrogen-bond donors (Lipinski definition) is 0. The highest BCUT2D eigenvalue weighted by molar-refractivity contribution is 5.02. The van der Waals surface area contributed by atoms with Gasteiger partial charge in [-0.15, -0.1) is 0 Å². The lowest BCUT2D eigenvalue weighted by Crippen LogP contribution is -2.42. The average molecular weight is 293 g/mol. The molecule has 1 saturated carbocycles. The highest BCUT2D eigenvalue weighted by atomic mass is 16.5. The van der Waals surface area contributed by atoms with Crippen LogP contribution in [-0.2, 0) is 16.0 Å². The van der Waals surface area contributed by atoms with E-state index in [1.54, 1.807) is 0 Å². The van der Waals surface area contributed by atoms with Gasteiger partial charge in [0, 0.05) is 37.6 Å². The van der Waals surface area contributed by atoms with Crippen LogP contribution in [-0.4, -0.2) is 54.6 Å². The van der Waals surface area contributed by atoms with E-state index in [0.717, 1.165) is 70.6 Å². The molecule has 6 heteroatoms. The van der Waals surface area contributed by atoms with Gasteiger partial charge in [-0.1, -0.05) is 5.16 Å². The first-order valence-electron chi connectivity index (χ1n) is 8.03. The number of rotatable bonds is 3. The third-order valence-corrected chi connectivity index (χ3v) is 4.85. The molecule has 3 aliphatic rings. The molecule has 0 bridgehead atoms. The second kappa shape index (κ2) is 5.66. The van der Waals surface area contributed by atoms with Crippen molar-refractivity contribution in [3.05, 3.63) is 11.7 Å². The van der Waals surface area contributed by atoms with E-state index in [1.807, 2.05) is 0 Å². The third-order valence-electron chi connectivity index (χ3n) is 4.85. The Hall–Kier alpha value is -0.980. The molecule has 116 valence electrons. The highest BCUT2D eigenvalue weighted by Crippen LogP contribution is 2.39. The lowest BCUT2D eigenvalue weighted by Gasteiger charge is -2.38. The Morgan fingerprint density at radius 3 is 2.81 bits per heavy atom. The van der Waals surface area contributed by atoms with Gasteiger partial charge in [-0.3, -0.25) is 4.90 Å². The van der Waals surface area contributed by atoms with Crippen molar-refractivity contribution in [2.75, 3.05) is 39.5 Å². The molecule has 1 aromatic heterocycles. The predicted octanol–water partition coefficient (Wildman–Crippen LogP) is 1.58. The Labute approximate surface area is 124 Å². The predicted molar refractivity (Wildman–Crippen MR) is 74.9 cm³/mol. The molecule has 0 aromatic carbocycles. The smallest absolute Gasteiger partial charge is 0.229 e. The maximum atomic E-state index is 5.85. The van der Waals surface area contributed by atoms with Crippen LogP contribution < -0.4 is 0 Å². The zero-order valence-corrected chi connectivity index (χ0v) is 12.4. The Morgan fingerprint density at radius 1 is 1.14 bits per heavy atom. The van der Waals surface area contributed by atoms with Gasteiger partial charge in [-0.2, -0.15) is 4.98 Å². The third kappa shape index (κ3) is 3.12. The van der Waals surface area contributed by atoms with Crippen LogP contribution >= 0.6 is 0 Å². The van der Waals surface area contributed by atoms with E-state index in [0.29, 0.717) is 5.92 Å². The fraction of sp³-hybridized carbons (Fsp3) is 0.867. The molecule has 3 fully saturated rings. The van der Waals surface area contributed by atoms with Crippen LogP contribution in [0.15, 0.2) is 4.52 Å². The van der Waals surface area contributed by atoms with E-state index in [-0.39, 0.29) is 5.41 Å². The van der Waals surface area contributed by atoms with Crippen molar-refractivity contribution in [2.24, 2.45) is 5.41 Å². The van der Waals surface area contributed by atoms with Gasteiger partial charge in [-0.05, 0) is 25.7 Å². The van der Waals surface area contributed by atoms with Gasteiger partial charge < -0.3 is 14.0 Å². The number of hydrogen-bond acceptors (Lipinski definition) is 6. The van der Waals surface area contributed by atoms with Crippen LogP contribution in [0.4, 0.5) is 0 Å². The van der Waals surface area contributed by atoms with E-state index >= 15 is 0 Å². The summed E-state index contributed by atoms with van der Waals surface area (Å²) in [5, 5.41) is 4.14. The topological polar surface area (TPSA) is 60.6 Å². The normalized spacial score (nSPS) is 26.9. The molecule has 2 aliphatic heterocycles. The molecule has 2 saturated heterocycles. The van der Waals surface area contributed by atoms with E-state index in [1.165, 1.54) is 12.8 Å². The first kappa shape index (κ1) is 13.7. The number of aromatic nitrogens is 2. The van der Waals surface area contributed by atoms with Gasteiger partial charge in [0.25, 0.3) is 0 Å². The fourth-order valence-corrected chi connectivity index (χ4v) is 3.35. The Bertz CT molecular complexity index is 480. The summed E-state index contributed by atoms with van der Waals surface area (Å²) in [6.07, 6.45) is 4.57. The van der Waals surface area contributed by atoms with Crippen molar-refractivity contribution in [3.8, 4) is 0 Å². The molecule has 6 nitrogen and oxygen atoms in total. The Balaban J connectivity index is 1.42. The molecule has 3 heterocycles. The van der Waals surface area contributed by atoms with Crippen LogP contribution in [0.1, 0.15) is 43.3 Å². The summed E-state index contributed by atoms with van der Waals surface area (Å²) in [6.45, 7) is 6.10. The minimum absolute atomic E-state index is 0.248. The molecule has 0 unspecified atom stereocenters. The maximum absolute atomic E-state index is 5.85. The zero-order chi connectivity index (χ0) is 14.1. The Kier molecular flexibility index (Phi) is 3.69. The Morgan fingerprint density at radius 2 is 2.00 bits per heavy atom. The summed E-state index contributed by atoms with van der Waals surface area (Å²) in [5.41, 5.74) is 0.248. The summed E-state index contributed by atoms with van der Waals surface area (Å²) >= 11 is 0. The van der Waals surface area contributed by atoms with Crippen LogP contribution in [0, 0.1) is 5.41 Å². The summed E-state index contributed by atoms with van der Waals surface area (Å²) in [4.78, 5) is 6.96. The molecule has 1 aromatic rings. The van der Waals surface area contributed by atoms with Crippen molar-refractivity contribution < 1.29 is 14.0 Å². The number of ether oxygens (including phenoxy) is 2. The highest BCUT2D eigenvalue weighted by Gasteiger charge is 2.37. The van der Waals surface area contributed by atoms with Gasteiger partial charge >= 0.3 is 0 Å².